The second-order valence-electron chi connectivity index (χ2n) is 6.22. The molecule has 1 atom stereocenters. The maximum absolute atomic E-state index is 12.4. The van der Waals surface area contributed by atoms with E-state index in [2.05, 4.69) is 31.0 Å². The fraction of sp³-hybridized carbons (Fsp3) is 0.450. The molecule has 1 aromatic heterocycles. The van der Waals surface area contributed by atoms with Crippen molar-refractivity contribution in [2.24, 2.45) is 0 Å². The molecule has 0 saturated carbocycles. The summed E-state index contributed by atoms with van der Waals surface area (Å²) in [6.45, 7) is 9.69. The average Bonchev–Trinajstić information content (AvgIpc) is 3.09. The number of nitrogens with one attached hydrogen (secondary N) is 1. The van der Waals surface area contributed by atoms with Gasteiger partial charge in [-0.2, -0.15) is 0 Å². The predicted molar refractivity (Wildman–Crippen MR) is 109 cm³/mol. The van der Waals surface area contributed by atoms with Crippen LogP contribution in [-0.4, -0.2) is 36.5 Å². The third-order valence-electron chi connectivity index (χ3n) is 4.32. The Morgan fingerprint density at radius 3 is 2.68 bits per heavy atom. The van der Waals surface area contributed by atoms with E-state index >= 15 is 0 Å². The summed E-state index contributed by atoms with van der Waals surface area (Å²) in [6, 6.07) is 11.8. The molecule has 0 bridgehead atoms. The number of halogens is 1. The van der Waals surface area contributed by atoms with Crippen LogP contribution in [0.4, 0.5) is 0 Å². The van der Waals surface area contributed by atoms with E-state index in [4.69, 9.17) is 11.6 Å². The first-order valence-electron chi connectivity index (χ1n) is 8.92. The van der Waals surface area contributed by atoms with Crippen LogP contribution in [0.25, 0.3) is 10.4 Å². The van der Waals surface area contributed by atoms with E-state index in [1.807, 2.05) is 36.4 Å². The van der Waals surface area contributed by atoms with Gasteiger partial charge in [-0.1, -0.05) is 37.6 Å². The fourth-order valence-electron chi connectivity index (χ4n) is 2.78. The number of rotatable bonds is 9. The molecule has 136 valence electrons. The van der Waals surface area contributed by atoms with Crippen LogP contribution in [0, 0.1) is 0 Å². The van der Waals surface area contributed by atoms with Gasteiger partial charge in [-0.25, -0.2) is 0 Å². The lowest BCUT2D eigenvalue weighted by molar-refractivity contribution is 0.0941. The zero-order valence-electron chi connectivity index (χ0n) is 15.2. The number of benzene rings is 1. The van der Waals surface area contributed by atoms with Crippen LogP contribution in [0.1, 0.15) is 43.3 Å². The van der Waals surface area contributed by atoms with Crippen molar-refractivity contribution < 1.29 is 4.79 Å². The van der Waals surface area contributed by atoms with E-state index in [1.165, 1.54) is 11.3 Å². The molecule has 0 spiro atoms. The summed E-state index contributed by atoms with van der Waals surface area (Å²) < 4.78 is 0. The van der Waals surface area contributed by atoms with Gasteiger partial charge in [0.1, 0.15) is 0 Å². The summed E-state index contributed by atoms with van der Waals surface area (Å²) in [7, 11) is 0. The van der Waals surface area contributed by atoms with Gasteiger partial charge in [0, 0.05) is 15.9 Å². The van der Waals surface area contributed by atoms with Gasteiger partial charge in [0.25, 0.3) is 5.91 Å². The van der Waals surface area contributed by atoms with Crippen LogP contribution in [-0.2, 0) is 0 Å². The first-order valence-corrected chi connectivity index (χ1v) is 10.1. The molecule has 1 amide bonds. The van der Waals surface area contributed by atoms with Crippen molar-refractivity contribution in [2.45, 2.75) is 39.7 Å². The average molecular weight is 379 g/mol. The number of hydrogen-bond acceptors (Lipinski definition) is 3. The molecule has 0 aliphatic rings. The minimum absolute atomic E-state index is 0.00798. The molecule has 5 heteroatoms. The quantitative estimate of drug-likeness (QED) is 0.641. The van der Waals surface area contributed by atoms with Crippen molar-refractivity contribution in [3.8, 4) is 10.4 Å². The zero-order valence-corrected chi connectivity index (χ0v) is 16.8. The van der Waals surface area contributed by atoms with E-state index < -0.39 is 0 Å². The smallest absolute Gasteiger partial charge is 0.261 e. The predicted octanol–water partition coefficient (Wildman–Crippen LogP) is 5.31. The van der Waals surface area contributed by atoms with Crippen LogP contribution >= 0.6 is 22.9 Å². The van der Waals surface area contributed by atoms with Gasteiger partial charge in [0.2, 0.25) is 0 Å². The number of carbonyl (C=O) groups excluding carboxylic acids is 1. The van der Waals surface area contributed by atoms with E-state index in [1.54, 1.807) is 0 Å². The highest BCUT2D eigenvalue weighted by atomic mass is 35.5. The van der Waals surface area contributed by atoms with Crippen molar-refractivity contribution in [1.82, 2.24) is 10.2 Å². The van der Waals surface area contributed by atoms with E-state index in [-0.39, 0.29) is 11.9 Å². The first-order chi connectivity index (χ1) is 12.0. The lowest BCUT2D eigenvalue weighted by Gasteiger charge is -2.19. The Bertz CT molecular complexity index is 682. The van der Waals surface area contributed by atoms with E-state index in [0.717, 1.165) is 47.8 Å². The molecule has 2 aromatic rings. The summed E-state index contributed by atoms with van der Waals surface area (Å²) in [5.74, 6) is 0.00798. The van der Waals surface area contributed by atoms with Gasteiger partial charge in [-0.3, -0.25) is 4.79 Å². The molecule has 0 aliphatic carbocycles. The third kappa shape index (κ3) is 6.14. The van der Waals surface area contributed by atoms with Crippen molar-refractivity contribution in [3.63, 3.8) is 0 Å². The second kappa shape index (κ2) is 9.95. The summed E-state index contributed by atoms with van der Waals surface area (Å²) in [6.07, 6.45) is 2.09. The Hall–Kier alpha value is -1.36. The second-order valence-corrected chi connectivity index (χ2v) is 7.74. The lowest BCUT2D eigenvalue weighted by Crippen LogP contribution is -2.33. The van der Waals surface area contributed by atoms with Gasteiger partial charge >= 0.3 is 0 Å². The molecule has 0 fully saturated rings. The van der Waals surface area contributed by atoms with E-state index in [9.17, 15) is 4.79 Å². The summed E-state index contributed by atoms with van der Waals surface area (Å²) in [4.78, 5) is 16.6. The Labute approximate surface area is 160 Å². The highest BCUT2D eigenvalue weighted by Crippen LogP contribution is 2.29. The molecule has 0 aliphatic heterocycles. The van der Waals surface area contributed by atoms with Crippen LogP contribution < -0.4 is 5.32 Å². The molecule has 25 heavy (non-hydrogen) atoms. The minimum Gasteiger partial charge on any atom is -0.349 e. The molecule has 0 radical (unpaired) electrons. The van der Waals surface area contributed by atoms with Crippen molar-refractivity contribution in [1.29, 1.82) is 0 Å². The molecule has 1 heterocycles. The molecule has 2 rings (SSSR count). The fourth-order valence-corrected chi connectivity index (χ4v) is 3.88. The van der Waals surface area contributed by atoms with Gasteiger partial charge in [-0.05, 0) is 69.2 Å². The summed E-state index contributed by atoms with van der Waals surface area (Å²) >= 11 is 7.55. The van der Waals surface area contributed by atoms with Crippen molar-refractivity contribution in [2.75, 3.05) is 19.6 Å². The van der Waals surface area contributed by atoms with Crippen LogP contribution in [0.5, 0.6) is 0 Å². The molecule has 1 N–H and O–H groups in total. The largest absolute Gasteiger partial charge is 0.349 e. The molecule has 0 unspecified atom stereocenters. The highest BCUT2D eigenvalue weighted by molar-refractivity contribution is 7.17. The molecule has 3 nitrogen and oxygen atoms in total. The monoisotopic (exact) mass is 378 g/mol. The van der Waals surface area contributed by atoms with Crippen LogP contribution in [0.15, 0.2) is 36.4 Å². The summed E-state index contributed by atoms with van der Waals surface area (Å²) in [5.41, 5.74) is 1.05. The maximum Gasteiger partial charge on any atom is 0.261 e. The van der Waals surface area contributed by atoms with Crippen LogP contribution in [0.3, 0.4) is 0 Å². The number of nitrogens with zero attached hydrogens (tertiary/aromatic N) is 1. The van der Waals surface area contributed by atoms with Crippen LogP contribution in [0.2, 0.25) is 5.02 Å². The number of hydrogen-bond donors (Lipinski definition) is 1. The number of thiophene rings is 1. The summed E-state index contributed by atoms with van der Waals surface area (Å²) in [5, 5.41) is 3.82. The Kier molecular flexibility index (Phi) is 7.94. The van der Waals surface area contributed by atoms with Gasteiger partial charge in [0.05, 0.1) is 4.88 Å². The minimum atomic E-state index is 0.00798. The van der Waals surface area contributed by atoms with Gasteiger partial charge in [-0.15, -0.1) is 11.3 Å². The molecular formula is C20H27ClN2OS. The third-order valence-corrected chi connectivity index (χ3v) is 5.69. The molecule has 0 saturated heterocycles. The van der Waals surface area contributed by atoms with Gasteiger partial charge < -0.3 is 10.2 Å². The van der Waals surface area contributed by atoms with Crippen molar-refractivity contribution in [3.05, 3.63) is 46.3 Å². The lowest BCUT2D eigenvalue weighted by atomic mass is 10.1. The Morgan fingerprint density at radius 2 is 2.00 bits per heavy atom. The maximum atomic E-state index is 12.4. The standard InChI is InChI=1S/C20H27ClN2OS/c1-4-23(5-2)13-7-8-15(3)22-20(24)19-12-11-18(25-19)16-9-6-10-17(21)14-16/h6,9-12,14-15H,4-5,7-8,13H2,1-3H3,(H,22,24)/t15-/m1/s1. The Morgan fingerprint density at radius 1 is 1.24 bits per heavy atom. The van der Waals surface area contributed by atoms with Crippen molar-refractivity contribution >= 4 is 28.8 Å². The molecular weight excluding hydrogens is 352 g/mol. The first kappa shape index (κ1) is 20.0. The molecule has 1 aromatic carbocycles. The number of amides is 1. The Balaban J connectivity index is 1.87. The topological polar surface area (TPSA) is 32.3 Å². The number of carbonyl (C=O) groups is 1. The zero-order chi connectivity index (χ0) is 18.2. The normalized spacial score (nSPS) is 12.4. The van der Waals surface area contributed by atoms with E-state index in [0.29, 0.717) is 5.02 Å². The SMILES string of the molecule is CCN(CC)CCC[C@@H](C)NC(=O)c1ccc(-c2cccc(Cl)c2)s1. The highest BCUT2D eigenvalue weighted by Gasteiger charge is 2.13. The van der Waals surface area contributed by atoms with Gasteiger partial charge in [0.15, 0.2) is 0 Å².